The van der Waals surface area contributed by atoms with E-state index in [1.807, 2.05) is 51.1 Å². The van der Waals surface area contributed by atoms with Crippen LogP contribution in [0, 0.1) is 0 Å². The Kier molecular flexibility index (Phi) is 6.73. The third-order valence-electron chi connectivity index (χ3n) is 4.64. The second-order valence-corrected chi connectivity index (χ2v) is 8.29. The molecule has 0 saturated carbocycles. The molecule has 0 spiro atoms. The molecule has 1 aliphatic rings. The Bertz CT molecular complexity index is 829. The quantitative estimate of drug-likeness (QED) is 0.664. The van der Waals surface area contributed by atoms with Crippen LogP contribution in [0.25, 0.3) is 0 Å². The van der Waals surface area contributed by atoms with E-state index in [1.165, 1.54) is 16.2 Å². The smallest absolute Gasteiger partial charge is 0.341 e. The number of para-hydroxylation sites is 1. The lowest BCUT2D eigenvalue weighted by atomic mass is 9.95. The van der Waals surface area contributed by atoms with Gasteiger partial charge in [0.05, 0.1) is 11.7 Å². The Morgan fingerprint density at radius 2 is 1.86 bits per heavy atom. The first kappa shape index (κ1) is 20.4. The Hall–Kier alpha value is -2.34. The fourth-order valence-electron chi connectivity index (χ4n) is 3.32. The van der Waals surface area contributed by atoms with Crippen molar-refractivity contribution < 1.29 is 19.1 Å². The minimum Gasteiger partial charge on any atom is -0.481 e. The first-order valence-electron chi connectivity index (χ1n) is 9.87. The normalized spacial score (nSPS) is 14.3. The second kappa shape index (κ2) is 9.24. The number of anilines is 1. The molecule has 150 valence electrons. The van der Waals surface area contributed by atoms with Gasteiger partial charge in [0.1, 0.15) is 10.8 Å². The molecular formula is C22H27NO4S. The van der Waals surface area contributed by atoms with Crippen molar-refractivity contribution in [3.8, 4) is 5.75 Å². The van der Waals surface area contributed by atoms with E-state index < -0.39 is 6.10 Å². The molecule has 2 aromatic rings. The summed E-state index contributed by atoms with van der Waals surface area (Å²) < 4.78 is 11.3. The predicted molar refractivity (Wildman–Crippen MR) is 111 cm³/mol. The number of benzene rings is 1. The van der Waals surface area contributed by atoms with Gasteiger partial charge in [-0.2, -0.15) is 0 Å². The van der Waals surface area contributed by atoms with E-state index in [2.05, 4.69) is 5.32 Å². The average Bonchev–Trinajstić information content (AvgIpc) is 3.04. The summed E-state index contributed by atoms with van der Waals surface area (Å²) in [7, 11) is 0. The molecule has 1 atom stereocenters. The van der Waals surface area contributed by atoms with Gasteiger partial charge in [-0.05, 0) is 63.6 Å². The zero-order valence-electron chi connectivity index (χ0n) is 16.6. The fraction of sp³-hybridized carbons (Fsp3) is 0.455. The highest BCUT2D eigenvalue weighted by atomic mass is 32.1. The number of hydrogen-bond donors (Lipinski definition) is 1. The molecule has 28 heavy (non-hydrogen) atoms. The maximum Gasteiger partial charge on any atom is 0.341 e. The molecule has 1 aliphatic carbocycles. The van der Waals surface area contributed by atoms with Gasteiger partial charge in [-0.15, -0.1) is 11.3 Å². The van der Waals surface area contributed by atoms with Crippen molar-refractivity contribution in [1.82, 2.24) is 0 Å². The second-order valence-electron chi connectivity index (χ2n) is 7.19. The lowest BCUT2D eigenvalue weighted by Gasteiger charge is -2.17. The molecule has 5 nitrogen and oxygen atoms in total. The van der Waals surface area contributed by atoms with Gasteiger partial charge in [-0.25, -0.2) is 4.79 Å². The van der Waals surface area contributed by atoms with Gasteiger partial charge < -0.3 is 14.8 Å². The number of amides is 1. The number of fused-ring (bicyclic) bond motifs is 1. The van der Waals surface area contributed by atoms with Crippen molar-refractivity contribution in [2.75, 3.05) is 5.32 Å². The third kappa shape index (κ3) is 4.73. The largest absolute Gasteiger partial charge is 0.481 e. The lowest BCUT2D eigenvalue weighted by Crippen LogP contribution is -2.32. The molecule has 1 heterocycles. The Labute approximate surface area is 170 Å². The molecular weight excluding hydrogens is 374 g/mol. The van der Waals surface area contributed by atoms with Crippen LogP contribution in [-0.4, -0.2) is 24.1 Å². The van der Waals surface area contributed by atoms with E-state index in [4.69, 9.17) is 9.47 Å². The first-order chi connectivity index (χ1) is 13.5. The van der Waals surface area contributed by atoms with Crippen LogP contribution >= 0.6 is 11.3 Å². The van der Waals surface area contributed by atoms with Crippen molar-refractivity contribution in [2.24, 2.45) is 0 Å². The maximum absolute atomic E-state index is 12.9. The third-order valence-corrected chi connectivity index (χ3v) is 5.85. The molecule has 0 fully saturated rings. The highest BCUT2D eigenvalue weighted by Gasteiger charge is 2.29. The molecule has 1 N–H and O–H groups in total. The number of esters is 1. The van der Waals surface area contributed by atoms with E-state index in [0.717, 1.165) is 31.2 Å². The first-order valence-corrected chi connectivity index (χ1v) is 10.7. The molecule has 6 heteroatoms. The number of thiophene rings is 1. The van der Waals surface area contributed by atoms with Gasteiger partial charge in [-0.3, -0.25) is 4.79 Å². The van der Waals surface area contributed by atoms with Gasteiger partial charge >= 0.3 is 5.97 Å². The Balaban J connectivity index is 1.83. The van der Waals surface area contributed by atoms with E-state index in [-0.39, 0.29) is 18.0 Å². The number of rotatable bonds is 7. The zero-order chi connectivity index (χ0) is 20.1. The van der Waals surface area contributed by atoms with Gasteiger partial charge in [0.25, 0.3) is 5.91 Å². The highest BCUT2D eigenvalue weighted by Crippen LogP contribution is 2.39. The van der Waals surface area contributed by atoms with Crippen LogP contribution < -0.4 is 10.1 Å². The molecule has 0 bridgehead atoms. The minimum atomic E-state index is -0.629. The monoisotopic (exact) mass is 401 g/mol. The van der Waals surface area contributed by atoms with Crippen LogP contribution in [0.4, 0.5) is 5.00 Å². The van der Waals surface area contributed by atoms with E-state index in [9.17, 15) is 9.59 Å². The van der Waals surface area contributed by atoms with Gasteiger partial charge in [-0.1, -0.05) is 25.1 Å². The molecule has 1 amide bonds. The van der Waals surface area contributed by atoms with Crippen LogP contribution in [-0.2, 0) is 22.4 Å². The molecule has 0 saturated heterocycles. The zero-order valence-corrected chi connectivity index (χ0v) is 17.4. The summed E-state index contributed by atoms with van der Waals surface area (Å²) in [6, 6.07) is 9.29. The molecule has 0 aliphatic heterocycles. The lowest BCUT2D eigenvalue weighted by molar-refractivity contribution is -0.122. The average molecular weight is 402 g/mol. The number of aryl methyl sites for hydroxylation is 1. The SMILES string of the molecule is CCC(Oc1ccccc1)C(=O)Nc1sc2c(c1C(=O)OC(C)C)CCCC2. The van der Waals surface area contributed by atoms with Crippen molar-refractivity contribution in [3.63, 3.8) is 0 Å². The van der Waals surface area contributed by atoms with Crippen LogP contribution in [0.1, 0.15) is 60.8 Å². The topological polar surface area (TPSA) is 64.6 Å². The van der Waals surface area contributed by atoms with Crippen LogP contribution in [0.2, 0.25) is 0 Å². The van der Waals surface area contributed by atoms with E-state index in [1.54, 1.807) is 0 Å². The Morgan fingerprint density at radius 1 is 1.14 bits per heavy atom. The number of carbonyl (C=O) groups is 2. The minimum absolute atomic E-state index is 0.208. The summed E-state index contributed by atoms with van der Waals surface area (Å²) in [4.78, 5) is 26.8. The standard InChI is InChI=1S/C22H27NO4S/c1-4-17(27-15-10-6-5-7-11-15)20(24)23-21-19(22(25)26-14(2)3)16-12-8-9-13-18(16)28-21/h5-7,10-11,14,17H,4,8-9,12-13H2,1-3H3,(H,23,24). The number of carbonyl (C=O) groups excluding carboxylic acids is 2. The molecule has 0 radical (unpaired) electrons. The van der Waals surface area contributed by atoms with Gasteiger partial charge in [0.15, 0.2) is 6.10 Å². The van der Waals surface area contributed by atoms with Gasteiger partial charge in [0.2, 0.25) is 0 Å². The number of hydrogen-bond acceptors (Lipinski definition) is 5. The number of ether oxygens (including phenoxy) is 2. The van der Waals surface area contributed by atoms with Crippen LogP contribution in [0.5, 0.6) is 5.75 Å². The summed E-state index contributed by atoms with van der Waals surface area (Å²) in [5.74, 6) is 0.0414. The van der Waals surface area contributed by atoms with Crippen molar-refractivity contribution in [1.29, 1.82) is 0 Å². The fourth-order valence-corrected chi connectivity index (χ4v) is 4.60. The van der Waals surface area contributed by atoms with Crippen LogP contribution in [0.3, 0.4) is 0 Å². The van der Waals surface area contributed by atoms with E-state index >= 15 is 0 Å². The summed E-state index contributed by atoms with van der Waals surface area (Å²) in [6.07, 6.45) is 3.63. The maximum atomic E-state index is 12.9. The molecule has 3 rings (SSSR count). The number of nitrogens with one attached hydrogen (secondary N) is 1. The molecule has 1 aromatic carbocycles. The predicted octanol–water partition coefficient (Wildman–Crippen LogP) is 4.99. The van der Waals surface area contributed by atoms with Crippen molar-refractivity contribution in [2.45, 2.75) is 65.1 Å². The van der Waals surface area contributed by atoms with E-state index in [0.29, 0.717) is 22.7 Å². The van der Waals surface area contributed by atoms with Crippen molar-refractivity contribution >= 4 is 28.2 Å². The van der Waals surface area contributed by atoms with Crippen molar-refractivity contribution in [3.05, 3.63) is 46.3 Å². The van der Waals surface area contributed by atoms with Crippen LogP contribution in [0.15, 0.2) is 30.3 Å². The molecule has 1 unspecified atom stereocenters. The highest BCUT2D eigenvalue weighted by molar-refractivity contribution is 7.17. The molecule has 1 aromatic heterocycles. The van der Waals surface area contributed by atoms with Gasteiger partial charge in [0, 0.05) is 4.88 Å². The Morgan fingerprint density at radius 3 is 2.54 bits per heavy atom. The summed E-state index contributed by atoms with van der Waals surface area (Å²) in [6.45, 7) is 5.56. The summed E-state index contributed by atoms with van der Waals surface area (Å²) in [5.41, 5.74) is 1.56. The summed E-state index contributed by atoms with van der Waals surface area (Å²) >= 11 is 1.49. The summed E-state index contributed by atoms with van der Waals surface area (Å²) in [5, 5.41) is 3.53.